The van der Waals surface area contributed by atoms with Gasteiger partial charge in [-0.3, -0.25) is 0 Å². The maximum absolute atomic E-state index is 13.3. The van der Waals surface area contributed by atoms with E-state index in [-0.39, 0.29) is 30.3 Å². The molecule has 3 rings (SSSR count). The fourth-order valence-corrected chi connectivity index (χ4v) is 6.50. The van der Waals surface area contributed by atoms with Gasteiger partial charge in [-0.2, -0.15) is 18.3 Å². The highest BCUT2D eigenvalue weighted by atomic mass is 32.2. The van der Waals surface area contributed by atoms with Crippen molar-refractivity contribution >= 4 is 17.9 Å². The van der Waals surface area contributed by atoms with Crippen LogP contribution in [0.5, 0.6) is 0 Å². The van der Waals surface area contributed by atoms with Gasteiger partial charge < -0.3 is 9.47 Å². The van der Waals surface area contributed by atoms with E-state index in [1.54, 1.807) is 18.2 Å². The van der Waals surface area contributed by atoms with Crippen LogP contribution in [0.4, 0.5) is 13.2 Å². The van der Waals surface area contributed by atoms with Crippen LogP contribution in [0.1, 0.15) is 35.9 Å². The highest BCUT2D eigenvalue weighted by molar-refractivity contribution is 7.92. The second-order valence-electron chi connectivity index (χ2n) is 10.1. The van der Waals surface area contributed by atoms with Gasteiger partial charge in [-0.05, 0) is 49.6 Å². The SMILES string of the molecule is Cc1cccc(S(=O)(=O)C2CCOC(c3cc(CC(F)(F)F)nn3COCC[Si](C)(C)C)C2)c1. The van der Waals surface area contributed by atoms with E-state index in [1.165, 1.54) is 10.7 Å². The number of alkyl halides is 3. The van der Waals surface area contributed by atoms with Crippen molar-refractivity contribution in [3.05, 3.63) is 47.3 Å². The lowest BCUT2D eigenvalue weighted by atomic mass is 10.1. The summed E-state index contributed by atoms with van der Waals surface area (Å²) in [4.78, 5) is 0.249. The van der Waals surface area contributed by atoms with Crippen LogP contribution in [-0.2, 0) is 32.5 Å². The van der Waals surface area contributed by atoms with Gasteiger partial charge in [0, 0.05) is 21.3 Å². The summed E-state index contributed by atoms with van der Waals surface area (Å²) in [7, 11) is -4.94. The molecule has 1 fully saturated rings. The van der Waals surface area contributed by atoms with Crippen molar-refractivity contribution in [2.24, 2.45) is 0 Å². The zero-order chi connectivity index (χ0) is 25.1. The van der Waals surface area contributed by atoms with E-state index >= 15 is 0 Å². The van der Waals surface area contributed by atoms with E-state index in [9.17, 15) is 21.6 Å². The maximum Gasteiger partial charge on any atom is 0.394 e. The summed E-state index contributed by atoms with van der Waals surface area (Å²) in [5.41, 5.74) is 1.12. The van der Waals surface area contributed by atoms with Gasteiger partial charge in [0.15, 0.2) is 9.84 Å². The van der Waals surface area contributed by atoms with Gasteiger partial charge in [-0.25, -0.2) is 13.1 Å². The number of ether oxygens (including phenoxy) is 2. The second-order valence-corrected chi connectivity index (χ2v) is 17.9. The molecular weight excluding hydrogens is 485 g/mol. The van der Waals surface area contributed by atoms with Crippen molar-refractivity contribution in [2.45, 2.75) is 81.0 Å². The van der Waals surface area contributed by atoms with E-state index in [0.29, 0.717) is 18.7 Å². The molecule has 0 bridgehead atoms. The van der Waals surface area contributed by atoms with Crippen molar-refractivity contribution in [2.75, 3.05) is 13.2 Å². The Bertz CT molecular complexity index is 1080. The number of aryl methyl sites for hydroxylation is 1. The predicted molar refractivity (Wildman–Crippen MR) is 126 cm³/mol. The largest absolute Gasteiger partial charge is 0.394 e. The third-order valence-corrected chi connectivity index (χ3v) is 9.70. The average molecular weight is 519 g/mol. The molecule has 1 aromatic carbocycles. The predicted octanol–water partition coefficient (Wildman–Crippen LogP) is 5.30. The number of rotatable bonds is 9. The zero-order valence-corrected chi connectivity index (χ0v) is 21.9. The molecule has 34 heavy (non-hydrogen) atoms. The Balaban J connectivity index is 1.81. The Hall–Kier alpha value is -1.69. The first kappa shape index (κ1) is 26.9. The highest BCUT2D eigenvalue weighted by Gasteiger charge is 2.37. The molecule has 0 radical (unpaired) electrons. The number of aromatic nitrogens is 2. The Labute approximate surface area is 200 Å². The molecule has 2 atom stereocenters. The molecule has 1 aliphatic heterocycles. The smallest absolute Gasteiger partial charge is 0.372 e. The molecule has 2 heterocycles. The van der Waals surface area contributed by atoms with Crippen LogP contribution in [0.15, 0.2) is 35.2 Å². The summed E-state index contributed by atoms with van der Waals surface area (Å²) < 4.78 is 78.5. The summed E-state index contributed by atoms with van der Waals surface area (Å²) in [5, 5.41) is 3.42. The molecule has 1 saturated heterocycles. The standard InChI is InChI=1S/C23H33F3N2O4SSi/c1-17-6-5-7-19(12-17)33(29,30)20-8-9-32-22(14-20)21-13-18(15-23(24,25)26)27-28(21)16-31-10-11-34(2,3)4/h5-7,12-13,20,22H,8-11,14-16H2,1-4H3. The third kappa shape index (κ3) is 7.40. The molecule has 11 heteroatoms. The third-order valence-electron chi connectivity index (χ3n) is 5.78. The van der Waals surface area contributed by atoms with Crippen molar-refractivity contribution in [1.29, 1.82) is 0 Å². The number of hydrogen-bond donors (Lipinski definition) is 0. The molecule has 1 aliphatic rings. The van der Waals surface area contributed by atoms with Crippen LogP contribution >= 0.6 is 0 Å². The molecule has 190 valence electrons. The molecule has 6 nitrogen and oxygen atoms in total. The van der Waals surface area contributed by atoms with Gasteiger partial charge in [-0.1, -0.05) is 31.8 Å². The van der Waals surface area contributed by atoms with Crippen LogP contribution in [0.25, 0.3) is 0 Å². The monoisotopic (exact) mass is 518 g/mol. The minimum Gasteiger partial charge on any atom is -0.372 e. The van der Waals surface area contributed by atoms with E-state index < -0.39 is 41.9 Å². The summed E-state index contributed by atoms with van der Waals surface area (Å²) in [6.07, 6.45) is -5.79. The maximum atomic E-state index is 13.3. The lowest BCUT2D eigenvalue weighted by Gasteiger charge is -2.30. The molecule has 0 N–H and O–H groups in total. The van der Waals surface area contributed by atoms with Crippen molar-refractivity contribution < 1.29 is 31.1 Å². The number of hydrogen-bond acceptors (Lipinski definition) is 5. The van der Waals surface area contributed by atoms with Crippen LogP contribution in [0.2, 0.25) is 25.7 Å². The molecule has 0 aliphatic carbocycles. The Morgan fingerprint density at radius 1 is 1.24 bits per heavy atom. The Morgan fingerprint density at radius 2 is 1.97 bits per heavy atom. The van der Waals surface area contributed by atoms with E-state index in [1.807, 2.05) is 13.0 Å². The lowest BCUT2D eigenvalue weighted by molar-refractivity contribution is -0.128. The molecule has 2 unspecified atom stereocenters. The van der Waals surface area contributed by atoms with Crippen LogP contribution in [0.3, 0.4) is 0 Å². The number of benzene rings is 1. The first-order valence-electron chi connectivity index (χ1n) is 11.4. The van der Waals surface area contributed by atoms with Gasteiger partial charge in [0.1, 0.15) is 12.8 Å². The highest BCUT2D eigenvalue weighted by Crippen LogP contribution is 2.35. The molecular formula is C23H33F3N2O4SSi. The summed E-state index contributed by atoms with van der Waals surface area (Å²) in [6, 6.07) is 9.02. The fourth-order valence-electron chi connectivity index (χ4n) is 3.91. The van der Waals surface area contributed by atoms with E-state index in [2.05, 4.69) is 24.7 Å². The Kier molecular flexibility index (Phi) is 8.32. The zero-order valence-electron chi connectivity index (χ0n) is 20.1. The minimum atomic E-state index is -4.40. The van der Waals surface area contributed by atoms with Crippen LogP contribution in [-0.4, -0.2) is 50.9 Å². The number of nitrogens with zero attached hydrogens (tertiary/aromatic N) is 2. The van der Waals surface area contributed by atoms with E-state index in [4.69, 9.17) is 9.47 Å². The quantitative estimate of drug-likeness (QED) is 0.333. The summed E-state index contributed by atoms with van der Waals surface area (Å²) >= 11 is 0. The second kappa shape index (κ2) is 10.5. The molecule has 1 aromatic heterocycles. The van der Waals surface area contributed by atoms with Gasteiger partial charge in [0.25, 0.3) is 0 Å². The van der Waals surface area contributed by atoms with Gasteiger partial charge >= 0.3 is 6.18 Å². The fraction of sp³-hybridized carbons (Fsp3) is 0.609. The minimum absolute atomic E-state index is 0.00712. The lowest BCUT2D eigenvalue weighted by Crippen LogP contribution is -2.32. The average Bonchev–Trinajstić information content (AvgIpc) is 3.11. The van der Waals surface area contributed by atoms with Crippen molar-refractivity contribution in [3.63, 3.8) is 0 Å². The van der Waals surface area contributed by atoms with Crippen molar-refractivity contribution in [3.8, 4) is 0 Å². The first-order valence-corrected chi connectivity index (χ1v) is 16.6. The molecule has 0 saturated carbocycles. The molecule has 2 aromatic rings. The van der Waals surface area contributed by atoms with Gasteiger partial charge in [0.2, 0.25) is 0 Å². The topological polar surface area (TPSA) is 70.4 Å². The van der Waals surface area contributed by atoms with Gasteiger partial charge in [-0.15, -0.1) is 0 Å². The van der Waals surface area contributed by atoms with Crippen LogP contribution in [0, 0.1) is 6.92 Å². The summed E-state index contributed by atoms with van der Waals surface area (Å²) in [5.74, 6) is 0. The molecule has 0 spiro atoms. The van der Waals surface area contributed by atoms with Gasteiger partial charge in [0.05, 0.1) is 28.0 Å². The van der Waals surface area contributed by atoms with Crippen LogP contribution < -0.4 is 0 Å². The van der Waals surface area contributed by atoms with Crippen molar-refractivity contribution in [1.82, 2.24) is 9.78 Å². The summed E-state index contributed by atoms with van der Waals surface area (Å²) in [6.45, 7) is 9.13. The first-order chi connectivity index (χ1) is 15.7. The normalized spacial score (nSPS) is 20.0. The number of halogens is 3. The Morgan fingerprint density at radius 3 is 2.62 bits per heavy atom. The van der Waals surface area contributed by atoms with E-state index in [0.717, 1.165) is 11.6 Å². The molecule has 0 amide bonds. The number of sulfone groups is 1.